The van der Waals surface area contributed by atoms with Crippen LogP contribution in [-0.2, 0) is 9.59 Å². The summed E-state index contributed by atoms with van der Waals surface area (Å²) < 4.78 is 0. The Labute approximate surface area is 82.9 Å². The van der Waals surface area contributed by atoms with Crippen LogP contribution in [0.4, 0.5) is 0 Å². The molecule has 80 valence electrons. The smallest absolute Gasteiger partial charge is 0.325 e. The predicted molar refractivity (Wildman–Crippen MR) is 50.6 cm³/mol. The number of carbonyl (C=O) groups is 2. The number of likely N-dealkylation sites (tertiary alicyclic amines) is 1. The Bertz CT molecular complexity index is 265. The van der Waals surface area contributed by atoms with Crippen molar-refractivity contribution in [2.45, 2.75) is 25.8 Å². The second kappa shape index (κ2) is 3.57. The normalized spacial score (nSPS) is 27.0. The van der Waals surface area contributed by atoms with E-state index in [0.717, 1.165) is 0 Å². The molecular weight excluding hydrogens is 184 g/mol. The summed E-state index contributed by atoms with van der Waals surface area (Å²) in [6.45, 7) is 4.15. The van der Waals surface area contributed by atoms with Gasteiger partial charge in [0.25, 0.3) is 0 Å². The number of nitrogens with zero attached hydrogens (tertiary/aromatic N) is 1. The molecule has 0 saturated carbocycles. The van der Waals surface area contributed by atoms with Crippen LogP contribution in [0.5, 0.6) is 0 Å². The van der Waals surface area contributed by atoms with Crippen molar-refractivity contribution in [3.05, 3.63) is 0 Å². The van der Waals surface area contributed by atoms with E-state index in [4.69, 9.17) is 10.8 Å². The summed E-state index contributed by atoms with van der Waals surface area (Å²) in [6, 6.07) is 0. The molecule has 3 N–H and O–H groups in total. The van der Waals surface area contributed by atoms with Gasteiger partial charge in [0.15, 0.2) is 0 Å². The van der Waals surface area contributed by atoms with E-state index >= 15 is 0 Å². The molecule has 5 nitrogen and oxygen atoms in total. The fraction of sp³-hybridized carbons (Fsp3) is 0.778. The van der Waals surface area contributed by atoms with E-state index in [0.29, 0.717) is 13.0 Å². The van der Waals surface area contributed by atoms with Gasteiger partial charge in [-0.15, -0.1) is 0 Å². The number of hydrogen-bond donors (Lipinski definition) is 2. The monoisotopic (exact) mass is 200 g/mol. The zero-order valence-corrected chi connectivity index (χ0v) is 8.49. The third-order valence-corrected chi connectivity index (χ3v) is 2.53. The number of carboxylic acids is 1. The van der Waals surface area contributed by atoms with Gasteiger partial charge in [-0.25, -0.2) is 0 Å². The van der Waals surface area contributed by atoms with Gasteiger partial charge in [0.05, 0.1) is 0 Å². The molecule has 1 heterocycles. The number of rotatable bonds is 2. The van der Waals surface area contributed by atoms with Crippen molar-refractivity contribution in [1.82, 2.24) is 4.90 Å². The van der Waals surface area contributed by atoms with Crippen molar-refractivity contribution in [3.8, 4) is 0 Å². The Morgan fingerprint density at radius 3 is 2.43 bits per heavy atom. The molecule has 0 radical (unpaired) electrons. The van der Waals surface area contributed by atoms with E-state index in [1.54, 1.807) is 13.8 Å². The summed E-state index contributed by atoms with van der Waals surface area (Å²) >= 11 is 0. The SMILES string of the molecule is CC(C)C(=O)N1CCC(N)(C(=O)O)C1. The van der Waals surface area contributed by atoms with Gasteiger partial charge in [-0.3, -0.25) is 9.59 Å². The molecule has 1 rings (SSSR count). The highest BCUT2D eigenvalue weighted by atomic mass is 16.4. The summed E-state index contributed by atoms with van der Waals surface area (Å²) in [4.78, 5) is 23.9. The molecular formula is C9H16N2O3. The van der Waals surface area contributed by atoms with Gasteiger partial charge in [0, 0.05) is 19.0 Å². The zero-order chi connectivity index (χ0) is 10.9. The van der Waals surface area contributed by atoms with Gasteiger partial charge in [0.1, 0.15) is 5.54 Å². The Hall–Kier alpha value is -1.10. The summed E-state index contributed by atoms with van der Waals surface area (Å²) in [6.07, 6.45) is 0.334. The van der Waals surface area contributed by atoms with Crippen LogP contribution in [-0.4, -0.2) is 40.5 Å². The molecule has 1 aliphatic heterocycles. The maximum atomic E-state index is 11.5. The molecule has 1 saturated heterocycles. The van der Waals surface area contributed by atoms with Gasteiger partial charge in [0.2, 0.25) is 5.91 Å². The second-order valence-electron chi connectivity index (χ2n) is 4.13. The van der Waals surface area contributed by atoms with E-state index in [9.17, 15) is 9.59 Å². The van der Waals surface area contributed by atoms with Crippen molar-refractivity contribution in [2.75, 3.05) is 13.1 Å². The van der Waals surface area contributed by atoms with Gasteiger partial charge in [-0.2, -0.15) is 0 Å². The zero-order valence-electron chi connectivity index (χ0n) is 8.49. The molecule has 0 spiro atoms. The fourth-order valence-electron chi connectivity index (χ4n) is 1.56. The van der Waals surface area contributed by atoms with E-state index in [1.807, 2.05) is 0 Å². The number of nitrogens with two attached hydrogens (primary N) is 1. The summed E-state index contributed by atoms with van der Waals surface area (Å²) in [7, 11) is 0. The van der Waals surface area contributed by atoms with Crippen LogP contribution in [0.3, 0.4) is 0 Å². The van der Waals surface area contributed by atoms with Crippen molar-refractivity contribution in [2.24, 2.45) is 11.7 Å². The van der Waals surface area contributed by atoms with Crippen molar-refractivity contribution < 1.29 is 14.7 Å². The highest BCUT2D eigenvalue weighted by molar-refractivity contribution is 5.83. The lowest BCUT2D eigenvalue weighted by atomic mass is 10.0. The summed E-state index contributed by atoms with van der Waals surface area (Å²) in [5.41, 5.74) is 4.39. The third-order valence-electron chi connectivity index (χ3n) is 2.53. The molecule has 0 aromatic carbocycles. The minimum Gasteiger partial charge on any atom is -0.480 e. The molecule has 0 aromatic rings. The van der Waals surface area contributed by atoms with Gasteiger partial charge in [-0.1, -0.05) is 13.8 Å². The Balaban J connectivity index is 2.66. The van der Waals surface area contributed by atoms with Gasteiger partial charge in [-0.05, 0) is 6.42 Å². The molecule has 1 aliphatic rings. The van der Waals surface area contributed by atoms with E-state index in [1.165, 1.54) is 4.90 Å². The number of hydrogen-bond acceptors (Lipinski definition) is 3. The molecule has 5 heteroatoms. The van der Waals surface area contributed by atoms with E-state index in [2.05, 4.69) is 0 Å². The van der Waals surface area contributed by atoms with Crippen molar-refractivity contribution in [1.29, 1.82) is 0 Å². The van der Waals surface area contributed by atoms with Crippen LogP contribution >= 0.6 is 0 Å². The van der Waals surface area contributed by atoms with Gasteiger partial charge >= 0.3 is 5.97 Å². The number of carbonyl (C=O) groups excluding carboxylic acids is 1. The average molecular weight is 200 g/mol. The Kier molecular flexibility index (Phi) is 2.80. The first-order chi connectivity index (χ1) is 6.37. The lowest BCUT2D eigenvalue weighted by Gasteiger charge is -2.21. The first-order valence-electron chi connectivity index (χ1n) is 4.68. The predicted octanol–water partition coefficient (Wildman–Crippen LogP) is -0.343. The first-order valence-corrected chi connectivity index (χ1v) is 4.68. The fourth-order valence-corrected chi connectivity index (χ4v) is 1.56. The highest BCUT2D eigenvalue weighted by Crippen LogP contribution is 2.20. The topological polar surface area (TPSA) is 83.6 Å². The lowest BCUT2D eigenvalue weighted by Crippen LogP contribution is -2.51. The molecule has 1 unspecified atom stereocenters. The Morgan fingerprint density at radius 1 is 1.50 bits per heavy atom. The number of carboxylic acid groups (broad SMARTS) is 1. The lowest BCUT2D eigenvalue weighted by molar-refractivity contribution is -0.143. The van der Waals surface area contributed by atoms with Gasteiger partial charge < -0.3 is 15.7 Å². The van der Waals surface area contributed by atoms with Crippen LogP contribution in [0.25, 0.3) is 0 Å². The van der Waals surface area contributed by atoms with Crippen LogP contribution in [0.2, 0.25) is 0 Å². The largest absolute Gasteiger partial charge is 0.480 e. The van der Waals surface area contributed by atoms with Crippen LogP contribution in [0.15, 0.2) is 0 Å². The quantitative estimate of drug-likeness (QED) is 0.638. The minimum absolute atomic E-state index is 0.0291. The maximum Gasteiger partial charge on any atom is 0.325 e. The van der Waals surface area contributed by atoms with Crippen LogP contribution in [0.1, 0.15) is 20.3 Å². The summed E-state index contributed by atoms with van der Waals surface area (Å²) in [5.74, 6) is -1.17. The van der Waals surface area contributed by atoms with Crippen LogP contribution < -0.4 is 5.73 Å². The molecule has 1 amide bonds. The Morgan fingerprint density at radius 2 is 2.07 bits per heavy atom. The molecule has 1 fully saturated rings. The highest BCUT2D eigenvalue weighted by Gasteiger charge is 2.43. The second-order valence-corrected chi connectivity index (χ2v) is 4.13. The first kappa shape index (κ1) is 11.0. The molecule has 0 bridgehead atoms. The average Bonchev–Trinajstić information content (AvgIpc) is 2.48. The molecule has 0 aromatic heterocycles. The number of amides is 1. The van der Waals surface area contributed by atoms with E-state index in [-0.39, 0.29) is 18.4 Å². The third kappa shape index (κ3) is 1.87. The standard InChI is InChI=1S/C9H16N2O3/c1-6(2)7(12)11-4-3-9(10,5-11)8(13)14/h6H,3-5,10H2,1-2H3,(H,13,14). The van der Waals surface area contributed by atoms with Crippen molar-refractivity contribution >= 4 is 11.9 Å². The minimum atomic E-state index is -1.25. The number of aliphatic carboxylic acids is 1. The van der Waals surface area contributed by atoms with Crippen LogP contribution in [0, 0.1) is 5.92 Å². The van der Waals surface area contributed by atoms with Crippen molar-refractivity contribution in [3.63, 3.8) is 0 Å². The molecule has 14 heavy (non-hydrogen) atoms. The van der Waals surface area contributed by atoms with E-state index < -0.39 is 11.5 Å². The molecule has 0 aliphatic carbocycles. The summed E-state index contributed by atoms with van der Waals surface area (Å²) in [5, 5.41) is 8.85. The molecule has 1 atom stereocenters. The maximum absolute atomic E-state index is 11.5.